The monoisotopic (exact) mass is 271 g/mol. The van der Waals surface area contributed by atoms with Crippen LogP contribution in [0.3, 0.4) is 0 Å². The maximum Gasteiger partial charge on any atom is 0.146 e. The zero-order chi connectivity index (χ0) is 14.4. The third-order valence-corrected chi connectivity index (χ3v) is 3.08. The van der Waals surface area contributed by atoms with E-state index in [9.17, 15) is 5.11 Å². The van der Waals surface area contributed by atoms with Crippen LogP contribution in [0.25, 0.3) is 0 Å². The summed E-state index contributed by atoms with van der Waals surface area (Å²) in [5.74, 6) is 0.847. The second kappa shape index (κ2) is 6.80. The van der Waals surface area contributed by atoms with Crippen LogP contribution in [0.1, 0.15) is 30.0 Å². The summed E-state index contributed by atoms with van der Waals surface area (Å²) in [6.45, 7) is 3.82. The average Bonchev–Trinajstić information content (AvgIpc) is 2.94. The zero-order valence-electron chi connectivity index (χ0n) is 11.3. The van der Waals surface area contributed by atoms with Crippen LogP contribution in [0.2, 0.25) is 0 Å². The number of rotatable bonds is 6. The zero-order valence-corrected chi connectivity index (χ0v) is 11.3. The van der Waals surface area contributed by atoms with Crippen molar-refractivity contribution in [3.8, 4) is 6.07 Å². The summed E-state index contributed by atoms with van der Waals surface area (Å²) in [6.07, 6.45) is 1.08. The van der Waals surface area contributed by atoms with Crippen molar-refractivity contribution < 1.29 is 5.11 Å². The van der Waals surface area contributed by atoms with Crippen molar-refractivity contribution in [2.75, 3.05) is 6.54 Å². The van der Waals surface area contributed by atoms with Crippen LogP contribution < -0.4 is 5.32 Å². The number of aryl methyl sites for hydroxylation is 1. The normalized spacial score (nSPS) is 12.1. The Kier molecular flexibility index (Phi) is 4.82. The molecule has 6 nitrogen and oxygen atoms in total. The number of hydrogen-bond donors (Lipinski definition) is 2. The minimum atomic E-state index is -0.610. The molecule has 104 valence electrons. The maximum atomic E-state index is 10.1. The van der Waals surface area contributed by atoms with Gasteiger partial charge in [0.15, 0.2) is 0 Å². The molecule has 2 rings (SSSR count). The smallest absolute Gasteiger partial charge is 0.146 e. The van der Waals surface area contributed by atoms with Gasteiger partial charge >= 0.3 is 0 Å². The van der Waals surface area contributed by atoms with E-state index in [4.69, 9.17) is 5.26 Å². The predicted octanol–water partition coefficient (Wildman–Crippen LogP) is 0.993. The molecule has 0 aliphatic rings. The summed E-state index contributed by atoms with van der Waals surface area (Å²) in [4.78, 5) is 0. The highest BCUT2D eigenvalue weighted by Crippen LogP contribution is 2.12. The Bertz CT molecular complexity index is 584. The number of aliphatic hydroxyl groups excluding tert-OH is 1. The van der Waals surface area contributed by atoms with Gasteiger partial charge in [-0.25, -0.2) is 0 Å². The van der Waals surface area contributed by atoms with Gasteiger partial charge in [0.2, 0.25) is 0 Å². The number of nitrogens with zero attached hydrogens (tertiary/aromatic N) is 4. The lowest BCUT2D eigenvalue weighted by Crippen LogP contribution is -2.23. The molecule has 0 fully saturated rings. The predicted molar refractivity (Wildman–Crippen MR) is 73.5 cm³/mol. The van der Waals surface area contributed by atoms with Crippen LogP contribution in [0, 0.1) is 11.3 Å². The quantitative estimate of drug-likeness (QED) is 0.818. The number of aliphatic hydroxyl groups is 1. The molecule has 6 heteroatoms. The number of hydrogen-bond acceptors (Lipinski definition) is 5. The van der Waals surface area contributed by atoms with E-state index in [2.05, 4.69) is 21.6 Å². The lowest BCUT2D eigenvalue weighted by molar-refractivity contribution is 0.174. The number of nitriles is 1. The van der Waals surface area contributed by atoms with E-state index in [-0.39, 0.29) is 0 Å². The largest absolute Gasteiger partial charge is 0.387 e. The molecule has 1 aromatic heterocycles. The number of aromatic nitrogens is 3. The van der Waals surface area contributed by atoms with Crippen LogP contribution in [-0.2, 0) is 13.1 Å². The number of benzene rings is 1. The Morgan fingerprint density at radius 1 is 1.40 bits per heavy atom. The van der Waals surface area contributed by atoms with Crippen molar-refractivity contribution in [3.05, 3.63) is 47.5 Å². The molecule has 0 amide bonds. The van der Waals surface area contributed by atoms with E-state index in [1.165, 1.54) is 0 Å². The summed E-state index contributed by atoms with van der Waals surface area (Å²) in [5, 5.41) is 29.8. The van der Waals surface area contributed by atoms with Gasteiger partial charge in [-0.1, -0.05) is 12.1 Å². The van der Waals surface area contributed by atoms with Gasteiger partial charge in [0.05, 0.1) is 24.3 Å². The van der Waals surface area contributed by atoms with Crippen molar-refractivity contribution >= 4 is 0 Å². The van der Waals surface area contributed by atoms with Crippen LogP contribution in [0.15, 0.2) is 30.6 Å². The summed E-state index contributed by atoms with van der Waals surface area (Å²) in [5.41, 5.74) is 1.37. The van der Waals surface area contributed by atoms with E-state index in [0.29, 0.717) is 18.7 Å². The van der Waals surface area contributed by atoms with E-state index >= 15 is 0 Å². The first kappa shape index (κ1) is 14.2. The Labute approximate surface area is 117 Å². The minimum Gasteiger partial charge on any atom is -0.387 e. The summed E-state index contributed by atoms with van der Waals surface area (Å²) >= 11 is 0. The molecule has 0 saturated heterocycles. The highest BCUT2D eigenvalue weighted by atomic mass is 16.3. The van der Waals surface area contributed by atoms with Gasteiger partial charge in [0.1, 0.15) is 12.2 Å². The van der Waals surface area contributed by atoms with E-state index in [1.807, 2.05) is 11.5 Å². The first-order valence-electron chi connectivity index (χ1n) is 6.50. The lowest BCUT2D eigenvalue weighted by Gasteiger charge is -2.12. The molecule has 0 aliphatic heterocycles. The fourth-order valence-electron chi connectivity index (χ4n) is 1.90. The van der Waals surface area contributed by atoms with Crippen molar-refractivity contribution in [1.29, 1.82) is 5.26 Å². The van der Waals surface area contributed by atoms with E-state index < -0.39 is 6.10 Å². The Morgan fingerprint density at radius 2 is 2.15 bits per heavy atom. The van der Waals surface area contributed by atoms with Gasteiger partial charge in [0.25, 0.3) is 0 Å². The number of nitrogens with one attached hydrogen (secondary N) is 1. The summed E-state index contributed by atoms with van der Waals surface area (Å²) in [6, 6.07) is 8.98. The molecule has 2 N–H and O–H groups in total. The van der Waals surface area contributed by atoms with Gasteiger partial charge in [-0.3, -0.25) is 0 Å². The molecule has 1 heterocycles. The lowest BCUT2D eigenvalue weighted by atomic mass is 10.1. The van der Waals surface area contributed by atoms with Crippen LogP contribution in [0.4, 0.5) is 0 Å². The van der Waals surface area contributed by atoms with Gasteiger partial charge in [-0.2, -0.15) is 5.26 Å². The van der Waals surface area contributed by atoms with Gasteiger partial charge < -0.3 is 15.0 Å². The molecule has 0 radical (unpaired) electrons. The SMILES string of the molecule is CCn1cnnc1CNCC(O)c1ccc(C#N)cc1. The van der Waals surface area contributed by atoms with Crippen LogP contribution in [-0.4, -0.2) is 26.4 Å². The van der Waals surface area contributed by atoms with Crippen molar-refractivity contribution in [1.82, 2.24) is 20.1 Å². The van der Waals surface area contributed by atoms with Crippen molar-refractivity contribution in [2.24, 2.45) is 0 Å². The molecule has 1 atom stereocenters. The molecule has 0 aliphatic carbocycles. The van der Waals surface area contributed by atoms with Crippen LogP contribution in [0.5, 0.6) is 0 Å². The minimum absolute atomic E-state index is 0.419. The molecule has 0 spiro atoms. The maximum absolute atomic E-state index is 10.1. The highest BCUT2D eigenvalue weighted by Gasteiger charge is 2.08. The van der Waals surface area contributed by atoms with Gasteiger partial charge in [-0.15, -0.1) is 10.2 Å². The second-order valence-electron chi connectivity index (χ2n) is 4.41. The molecule has 2 aromatic rings. The fourth-order valence-corrected chi connectivity index (χ4v) is 1.90. The van der Waals surface area contributed by atoms with E-state index in [1.54, 1.807) is 30.6 Å². The second-order valence-corrected chi connectivity index (χ2v) is 4.41. The standard InChI is InChI=1S/C14H17N5O/c1-2-19-10-17-18-14(19)9-16-8-13(20)12-5-3-11(7-15)4-6-12/h3-6,10,13,16,20H,2,8-9H2,1H3. The first-order chi connectivity index (χ1) is 9.74. The Morgan fingerprint density at radius 3 is 2.80 bits per heavy atom. The molecular formula is C14H17N5O. The van der Waals surface area contributed by atoms with E-state index in [0.717, 1.165) is 17.9 Å². The Hall–Kier alpha value is -2.23. The fraction of sp³-hybridized carbons (Fsp3) is 0.357. The first-order valence-corrected chi connectivity index (χ1v) is 6.50. The Balaban J connectivity index is 1.85. The molecular weight excluding hydrogens is 254 g/mol. The average molecular weight is 271 g/mol. The molecule has 0 bridgehead atoms. The third kappa shape index (κ3) is 3.41. The molecule has 20 heavy (non-hydrogen) atoms. The summed E-state index contributed by atoms with van der Waals surface area (Å²) < 4.78 is 1.95. The topological polar surface area (TPSA) is 86.8 Å². The van der Waals surface area contributed by atoms with Crippen molar-refractivity contribution in [2.45, 2.75) is 26.1 Å². The van der Waals surface area contributed by atoms with Crippen LogP contribution >= 0.6 is 0 Å². The van der Waals surface area contributed by atoms with Gasteiger partial charge in [0, 0.05) is 13.1 Å². The third-order valence-electron chi connectivity index (χ3n) is 3.08. The van der Waals surface area contributed by atoms with Gasteiger partial charge in [-0.05, 0) is 24.6 Å². The summed E-state index contributed by atoms with van der Waals surface area (Å²) in [7, 11) is 0. The van der Waals surface area contributed by atoms with Crippen molar-refractivity contribution in [3.63, 3.8) is 0 Å². The molecule has 1 aromatic carbocycles. The molecule has 1 unspecified atom stereocenters. The highest BCUT2D eigenvalue weighted by molar-refractivity contribution is 5.32. The molecule has 0 saturated carbocycles.